The number of hydrogen-bond donors (Lipinski definition) is 1. The first kappa shape index (κ1) is 12.8. The number of ether oxygens (including phenoxy) is 1. The summed E-state index contributed by atoms with van der Waals surface area (Å²) in [6.07, 6.45) is 0.768. The zero-order valence-corrected chi connectivity index (χ0v) is 11.6. The summed E-state index contributed by atoms with van der Waals surface area (Å²) in [6.45, 7) is 4.51. The molecule has 3 rings (SSSR count). The van der Waals surface area contributed by atoms with Crippen molar-refractivity contribution in [3.8, 4) is 0 Å². The van der Waals surface area contributed by atoms with E-state index in [0.29, 0.717) is 17.5 Å². The summed E-state index contributed by atoms with van der Waals surface area (Å²) >= 11 is 5.98. The van der Waals surface area contributed by atoms with Crippen LogP contribution in [0.3, 0.4) is 0 Å². The van der Waals surface area contributed by atoms with Gasteiger partial charge in [-0.2, -0.15) is 0 Å². The first-order chi connectivity index (χ1) is 9.08. The van der Waals surface area contributed by atoms with Gasteiger partial charge >= 0.3 is 6.09 Å². The van der Waals surface area contributed by atoms with Gasteiger partial charge in [0.2, 0.25) is 0 Å². The van der Waals surface area contributed by atoms with Crippen LogP contribution in [-0.4, -0.2) is 31.3 Å². The first-order valence-corrected chi connectivity index (χ1v) is 6.93. The molecular weight excluding hydrogens is 264 g/mol. The summed E-state index contributed by atoms with van der Waals surface area (Å²) < 4.78 is 5.64. The van der Waals surface area contributed by atoms with Gasteiger partial charge in [-0.05, 0) is 38.1 Å². The number of nitrogens with one attached hydrogen (secondary N) is 1. The third-order valence-electron chi connectivity index (χ3n) is 4.06. The molecule has 2 fully saturated rings. The van der Waals surface area contributed by atoms with Crippen molar-refractivity contribution in [3.63, 3.8) is 0 Å². The molecule has 0 aliphatic carbocycles. The molecule has 19 heavy (non-hydrogen) atoms. The van der Waals surface area contributed by atoms with Crippen molar-refractivity contribution in [2.45, 2.75) is 18.9 Å². The van der Waals surface area contributed by atoms with Crippen LogP contribution in [-0.2, 0) is 4.74 Å². The molecule has 2 unspecified atom stereocenters. The summed E-state index contributed by atoms with van der Waals surface area (Å²) in [4.78, 5) is 13.8. The van der Waals surface area contributed by atoms with Crippen molar-refractivity contribution >= 4 is 23.4 Å². The van der Waals surface area contributed by atoms with Crippen LogP contribution >= 0.6 is 11.6 Å². The molecule has 0 saturated carbocycles. The van der Waals surface area contributed by atoms with E-state index < -0.39 is 5.60 Å². The molecule has 4 nitrogen and oxygen atoms in total. The van der Waals surface area contributed by atoms with E-state index in [0.717, 1.165) is 25.2 Å². The number of benzene rings is 1. The third kappa shape index (κ3) is 2.30. The molecule has 1 aromatic carbocycles. The van der Waals surface area contributed by atoms with E-state index in [-0.39, 0.29) is 6.09 Å². The van der Waals surface area contributed by atoms with Crippen LogP contribution in [0.4, 0.5) is 10.5 Å². The molecule has 1 aromatic rings. The van der Waals surface area contributed by atoms with Gasteiger partial charge in [0.05, 0.1) is 6.54 Å². The number of anilines is 1. The fourth-order valence-corrected chi connectivity index (χ4v) is 3.08. The molecule has 1 amide bonds. The van der Waals surface area contributed by atoms with Gasteiger partial charge in [0.25, 0.3) is 0 Å². The van der Waals surface area contributed by atoms with Crippen LogP contribution in [0, 0.1) is 5.92 Å². The normalized spacial score (nSPS) is 30.7. The van der Waals surface area contributed by atoms with Crippen molar-refractivity contribution in [3.05, 3.63) is 29.3 Å². The zero-order valence-electron chi connectivity index (χ0n) is 10.9. The minimum absolute atomic E-state index is 0.281. The highest BCUT2D eigenvalue weighted by molar-refractivity contribution is 6.30. The predicted octanol–water partition coefficient (Wildman–Crippen LogP) is 2.66. The number of cyclic esters (lactones) is 1. The van der Waals surface area contributed by atoms with E-state index in [2.05, 4.69) is 5.32 Å². The van der Waals surface area contributed by atoms with Gasteiger partial charge in [0.15, 0.2) is 0 Å². The van der Waals surface area contributed by atoms with Gasteiger partial charge in [-0.1, -0.05) is 17.7 Å². The van der Waals surface area contributed by atoms with E-state index in [1.807, 2.05) is 19.1 Å². The van der Waals surface area contributed by atoms with Gasteiger partial charge in [-0.25, -0.2) is 4.79 Å². The van der Waals surface area contributed by atoms with E-state index in [4.69, 9.17) is 16.3 Å². The molecular formula is C14H17ClN2O2. The van der Waals surface area contributed by atoms with Gasteiger partial charge in [-0.3, -0.25) is 4.90 Å². The summed E-state index contributed by atoms with van der Waals surface area (Å²) in [7, 11) is 0. The molecule has 0 aromatic heterocycles. The molecule has 1 N–H and O–H groups in total. The Bertz CT molecular complexity index is 502. The Morgan fingerprint density at radius 3 is 3.05 bits per heavy atom. The van der Waals surface area contributed by atoms with Gasteiger partial charge in [0.1, 0.15) is 5.60 Å². The smallest absolute Gasteiger partial charge is 0.415 e. The molecule has 0 radical (unpaired) electrons. The number of carbonyl (C=O) groups excluding carboxylic acids is 1. The molecule has 2 aliphatic rings. The highest BCUT2D eigenvalue weighted by Crippen LogP contribution is 2.36. The van der Waals surface area contributed by atoms with E-state index in [9.17, 15) is 4.79 Å². The Balaban J connectivity index is 1.83. The lowest BCUT2D eigenvalue weighted by Crippen LogP contribution is -2.40. The monoisotopic (exact) mass is 280 g/mol. The maximum Gasteiger partial charge on any atom is 0.415 e. The standard InChI is InChI=1S/C14H17ClN2O2/c1-14(10-5-6-16-8-10)9-17(13(18)19-14)12-4-2-3-11(15)7-12/h2-4,7,10,16H,5-6,8-9H2,1H3. The van der Waals surface area contributed by atoms with Crippen LogP contribution in [0.5, 0.6) is 0 Å². The van der Waals surface area contributed by atoms with E-state index >= 15 is 0 Å². The summed E-state index contributed by atoms with van der Waals surface area (Å²) in [5.74, 6) is 0.376. The van der Waals surface area contributed by atoms with E-state index in [1.54, 1.807) is 17.0 Å². The minimum atomic E-state index is -0.414. The second-order valence-corrected chi connectivity index (χ2v) is 5.87. The molecule has 2 heterocycles. The van der Waals surface area contributed by atoms with E-state index in [1.165, 1.54) is 0 Å². The second-order valence-electron chi connectivity index (χ2n) is 5.44. The fraction of sp³-hybridized carbons (Fsp3) is 0.500. The van der Waals surface area contributed by atoms with Crippen LogP contribution in [0.15, 0.2) is 24.3 Å². The second kappa shape index (κ2) is 4.69. The highest BCUT2D eigenvalue weighted by Gasteiger charge is 2.48. The summed E-state index contributed by atoms with van der Waals surface area (Å²) in [5, 5.41) is 3.95. The summed E-state index contributed by atoms with van der Waals surface area (Å²) in [6, 6.07) is 7.32. The topological polar surface area (TPSA) is 41.6 Å². The van der Waals surface area contributed by atoms with Gasteiger partial charge in [0, 0.05) is 23.2 Å². The quantitative estimate of drug-likeness (QED) is 0.906. The lowest BCUT2D eigenvalue weighted by molar-refractivity contribution is 0.0287. The van der Waals surface area contributed by atoms with Crippen LogP contribution < -0.4 is 10.2 Å². The SMILES string of the molecule is CC1(C2CCNC2)CN(c2cccc(Cl)c2)C(=O)O1. The van der Waals surface area contributed by atoms with Crippen molar-refractivity contribution in [2.75, 3.05) is 24.5 Å². The Morgan fingerprint density at radius 2 is 2.37 bits per heavy atom. The van der Waals surface area contributed by atoms with Crippen molar-refractivity contribution in [2.24, 2.45) is 5.92 Å². The minimum Gasteiger partial charge on any atom is -0.441 e. The Hall–Kier alpha value is -1.26. The molecule has 2 aliphatic heterocycles. The van der Waals surface area contributed by atoms with Gasteiger partial charge < -0.3 is 10.1 Å². The Morgan fingerprint density at radius 1 is 1.53 bits per heavy atom. The Kier molecular flexibility index (Phi) is 3.15. The van der Waals surface area contributed by atoms with Crippen molar-refractivity contribution in [1.29, 1.82) is 0 Å². The lowest BCUT2D eigenvalue weighted by atomic mass is 9.88. The average Bonchev–Trinajstić information content (AvgIpc) is 2.98. The predicted molar refractivity (Wildman–Crippen MR) is 74.7 cm³/mol. The molecule has 5 heteroatoms. The van der Waals surface area contributed by atoms with Crippen LogP contribution in [0.1, 0.15) is 13.3 Å². The summed E-state index contributed by atoms with van der Waals surface area (Å²) in [5.41, 5.74) is 0.385. The van der Waals surface area contributed by atoms with Crippen molar-refractivity contribution < 1.29 is 9.53 Å². The largest absolute Gasteiger partial charge is 0.441 e. The van der Waals surface area contributed by atoms with Crippen LogP contribution in [0.2, 0.25) is 5.02 Å². The first-order valence-electron chi connectivity index (χ1n) is 6.55. The van der Waals surface area contributed by atoms with Crippen molar-refractivity contribution in [1.82, 2.24) is 5.32 Å². The number of rotatable bonds is 2. The number of carbonyl (C=O) groups is 1. The maximum atomic E-state index is 12.1. The Labute approximate surface area is 117 Å². The van der Waals surface area contributed by atoms with Crippen LogP contribution in [0.25, 0.3) is 0 Å². The molecule has 2 atom stereocenters. The maximum absolute atomic E-state index is 12.1. The molecule has 0 bridgehead atoms. The number of halogens is 1. The molecule has 102 valence electrons. The number of amides is 1. The number of hydrogen-bond acceptors (Lipinski definition) is 3. The average molecular weight is 281 g/mol. The third-order valence-corrected chi connectivity index (χ3v) is 4.29. The number of nitrogens with zero attached hydrogens (tertiary/aromatic N) is 1. The van der Waals surface area contributed by atoms with Gasteiger partial charge in [-0.15, -0.1) is 0 Å². The lowest BCUT2D eigenvalue weighted by Gasteiger charge is -2.28. The fourth-order valence-electron chi connectivity index (χ4n) is 2.89. The molecule has 0 spiro atoms. The molecule has 2 saturated heterocycles. The zero-order chi connectivity index (χ0) is 13.5. The highest BCUT2D eigenvalue weighted by atomic mass is 35.5.